The van der Waals surface area contributed by atoms with E-state index in [1.54, 1.807) is 0 Å². The molecule has 0 radical (unpaired) electrons. The highest BCUT2D eigenvalue weighted by molar-refractivity contribution is 7.71. The first kappa shape index (κ1) is 12.1. The maximum atomic E-state index is 5.54. The fourth-order valence-corrected chi connectivity index (χ4v) is 6.68. The lowest BCUT2D eigenvalue weighted by atomic mass is 9.40. The van der Waals surface area contributed by atoms with Crippen molar-refractivity contribution < 1.29 is 4.42 Å². The van der Waals surface area contributed by atoms with Crippen molar-refractivity contribution in [1.82, 2.24) is 10.2 Å². The molecule has 2 unspecified atom stereocenters. The van der Waals surface area contributed by atoms with E-state index in [1.165, 1.54) is 38.5 Å². The average Bonchev–Trinajstić information content (AvgIpc) is 2.56. The van der Waals surface area contributed by atoms with Crippen LogP contribution in [0.25, 0.3) is 0 Å². The van der Waals surface area contributed by atoms with Gasteiger partial charge in [0.05, 0.1) is 0 Å². The van der Waals surface area contributed by atoms with Gasteiger partial charge in [0, 0.05) is 6.42 Å². The van der Waals surface area contributed by atoms with E-state index < -0.39 is 0 Å². The van der Waals surface area contributed by atoms with Crippen LogP contribution in [0, 0.1) is 27.0 Å². The normalized spacial score (nSPS) is 47.8. The van der Waals surface area contributed by atoms with Crippen molar-refractivity contribution in [3.05, 3.63) is 10.7 Å². The monoisotopic (exact) mass is 278 g/mol. The molecule has 4 saturated carbocycles. The van der Waals surface area contributed by atoms with Crippen LogP contribution >= 0.6 is 12.2 Å². The fourth-order valence-electron chi connectivity index (χ4n) is 6.54. The van der Waals surface area contributed by atoms with Gasteiger partial charge in [-0.25, -0.2) is 5.10 Å². The molecule has 104 valence electrons. The Morgan fingerprint density at radius 1 is 1.21 bits per heavy atom. The van der Waals surface area contributed by atoms with Crippen molar-refractivity contribution in [1.29, 1.82) is 0 Å². The SMILES string of the molecule is CC12CC3CC(C)(C1)CC(Cc1n[nH]c(=S)o1)(C3)C2. The van der Waals surface area contributed by atoms with Gasteiger partial charge in [-0.2, -0.15) is 0 Å². The largest absolute Gasteiger partial charge is 0.414 e. The van der Waals surface area contributed by atoms with Gasteiger partial charge in [0.25, 0.3) is 4.84 Å². The Balaban J connectivity index is 1.69. The summed E-state index contributed by atoms with van der Waals surface area (Å²) >= 11 is 5.00. The Kier molecular flexibility index (Phi) is 2.24. The van der Waals surface area contributed by atoms with E-state index in [-0.39, 0.29) is 0 Å². The second kappa shape index (κ2) is 3.51. The third kappa shape index (κ3) is 1.91. The molecule has 0 amide bonds. The van der Waals surface area contributed by atoms with Crippen LogP contribution in [0.4, 0.5) is 0 Å². The van der Waals surface area contributed by atoms with Crippen LogP contribution in [0.1, 0.15) is 58.3 Å². The summed E-state index contributed by atoms with van der Waals surface area (Å²) in [6.07, 6.45) is 9.34. The quantitative estimate of drug-likeness (QED) is 0.821. The van der Waals surface area contributed by atoms with Crippen LogP contribution in [0.2, 0.25) is 0 Å². The maximum Gasteiger partial charge on any atom is 0.284 e. The van der Waals surface area contributed by atoms with Crippen LogP contribution < -0.4 is 0 Å². The second-order valence-electron chi connectivity index (χ2n) is 8.31. The molecule has 2 atom stereocenters. The Labute approximate surface area is 119 Å². The number of nitrogens with zero attached hydrogens (tertiary/aromatic N) is 1. The number of hydrogen-bond acceptors (Lipinski definition) is 3. The minimum Gasteiger partial charge on any atom is -0.414 e. The van der Waals surface area contributed by atoms with E-state index >= 15 is 0 Å². The van der Waals surface area contributed by atoms with E-state index in [0.717, 1.165) is 18.2 Å². The van der Waals surface area contributed by atoms with Gasteiger partial charge in [-0.15, -0.1) is 5.10 Å². The summed E-state index contributed by atoms with van der Waals surface area (Å²) in [4.78, 5) is 0.414. The van der Waals surface area contributed by atoms with Gasteiger partial charge in [-0.1, -0.05) is 13.8 Å². The zero-order chi connectivity index (χ0) is 13.3. The zero-order valence-electron chi connectivity index (χ0n) is 11.8. The first-order valence-electron chi connectivity index (χ1n) is 7.42. The number of hydrogen-bond donors (Lipinski definition) is 1. The Morgan fingerprint density at radius 2 is 1.89 bits per heavy atom. The van der Waals surface area contributed by atoms with Crippen molar-refractivity contribution >= 4 is 12.2 Å². The highest BCUT2D eigenvalue weighted by Crippen LogP contribution is 2.70. The molecule has 0 saturated heterocycles. The van der Waals surface area contributed by atoms with Gasteiger partial charge >= 0.3 is 0 Å². The predicted molar refractivity (Wildman–Crippen MR) is 75.2 cm³/mol. The molecule has 4 aliphatic carbocycles. The summed E-state index contributed by atoms with van der Waals surface area (Å²) in [6, 6.07) is 0. The molecule has 1 heterocycles. The van der Waals surface area contributed by atoms with Gasteiger partial charge in [0.15, 0.2) is 0 Å². The van der Waals surface area contributed by atoms with Crippen LogP contribution in [0.15, 0.2) is 4.42 Å². The van der Waals surface area contributed by atoms with Gasteiger partial charge < -0.3 is 4.42 Å². The minimum atomic E-state index is 0.414. The van der Waals surface area contributed by atoms with Crippen molar-refractivity contribution in [2.75, 3.05) is 0 Å². The van der Waals surface area contributed by atoms with Crippen LogP contribution in [0.5, 0.6) is 0 Å². The molecule has 4 aliphatic rings. The summed E-state index contributed by atoms with van der Waals surface area (Å²) in [6.45, 7) is 5.01. The molecular formula is C15H22N2OS. The standard InChI is InChI=1S/C15H22N2OS/c1-13-3-10-4-14(2,7-13)9-15(5-10,8-13)6-11-16-17-12(19)18-11/h10H,3-9H2,1-2H3,(H,17,19). The summed E-state index contributed by atoms with van der Waals surface area (Å²) in [7, 11) is 0. The van der Waals surface area contributed by atoms with E-state index in [9.17, 15) is 0 Å². The molecule has 1 N–H and O–H groups in total. The number of H-pyrrole nitrogens is 1. The molecule has 4 bridgehead atoms. The molecule has 4 heteroatoms. The summed E-state index contributed by atoms with van der Waals surface area (Å²) in [5, 5.41) is 7.01. The predicted octanol–water partition coefficient (Wildman–Crippen LogP) is 4.27. The molecule has 1 aromatic rings. The molecular weight excluding hydrogens is 256 g/mol. The second-order valence-corrected chi connectivity index (χ2v) is 8.68. The lowest BCUT2D eigenvalue weighted by Crippen LogP contribution is -2.55. The third-order valence-electron chi connectivity index (χ3n) is 5.75. The molecule has 0 spiro atoms. The lowest BCUT2D eigenvalue weighted by molar-refractivity contribution is -0.145. The van der Waals surface area contributed by atoms with Gasteiger partial charge in [-0.3, -0.25) is 0 Å². The Morgan fingerprint density at radius 3 is 2.42 bits per heavy atom. The fraction of sp³-hybridized carbons (Fsp3) is 0.867. The highest BCUT2D eigenvalue weighted by Gasteiger charge is 2.60. The van der Waals surface area contributed by atoms with Gasteiger partial charge in [0.2, 0.25) is 5.89 Å². The third-order valence-corrected chi connectivity index (χ3v) is 5.92. The van der Waals surface area contributed by atoms with Crippen molar-refractivity contribution in [3.63, 3.8) is 0 Å². The van der Waals surface area contributed by atoms with E-state index in [0.29, 0.717) is 21.1 Å². The summed E-state index contributed by atoms with van der Waals surface area (Å²) in [5.74, 6) is 1.74. The van der Waals surface area contributed by atoms with Crippen LogP contribution in [-0.4, -0.2) is 10.2 Å². The van der Waals surface area contributed by atoms with Gasteiger partial charge in [-0.05, 0) is 72.9 Å². The lowest BCUT2D eigenvalue weighted by Gasteiger charge is -2.65. The number of aromatic nitrogens is 2. The van der Waals surface area contributed by atoms with E-state index in [1.807, 2.05) is 0 Å². The van der Waals surface area contributed by atoms with Gasteiger partial charge in [0.1, 0.15) is 0 Å². The zero-order valence-corrected chi connectivity index (χ0v) is 12.6. The molecule has 19 heavy (non-hydrogen) atoms. The molecule has 4 fully saturated rings. The van der Waals surface area contributed by atoms with Crippen molar-refractivity contribution in [2.24, 2.45) is 22.2 Å². The summed E-state index contributed by atoms with van der Waals surface area (Å²) < 4.78 is 5.54. The number of rotatable bonds is 2. The number of aromatic amines is 1. The van der Waals surface area contributed by atoms with Crippen LogP contribution in [-0.2, 0) is 6.42 Å². The Bertz CT molecular complexity index is 557. The average molecular weight is 278 g/mol. The van der Waals surface area contributed by atoms with E-state index in [4.69, 9.17) is 16.6 Å². The van der Waals surface area contributed by atoms with Crippen molar-refractivity contribution in [2.45, 2.75) is 58.8 Å². The smallest absolute Gasteiger partial charge is 0.284 e. The molecule has 1 aromatic heterocycles. The first-order valence-corrected chi connectivity index (χ1v) is 7.83. The van der Waals surface area contributed by atoms with Crippen molar-refractivity contribution in [3.8, 4) is 0 Å². The number of nitrogens with one attached hydrogen (secondary N) is 1. The van der Waals surface area contributed by atoms with E-state index in [2.05, 4.69) is 24.0 Å². The Hall–Kier alpha value is -0.640. The molecule has 5 rings (SSSR count). The highest BCUT2D eigenvalue weighted by atomic mass is 32.1. The minimum absolute atomic E-state index is 0.414. The summed E-state index contributed by atoms with van der Waals surface area (Å²) in [5.41, 5.74) is 1.53. The first-order chi connectivity index (χ1) is 8.88. The maximum absolute atomic E-state index is 5.54. The van der Waals surface area contributed by atoms with Crippen LogP contribution in [0.3, 0.4) is 0 Å². The topological polar surface area (TPSA) is 41.8 Å². The molecule has 0 aliphatic heterocycles. The molecule has 0 aromatic carbocycles. The molecule has 3 nitrogen and oxygen atoms in total.